The van der Waals surface area contributed by atoms with Crippen LogP contribution in [0.3, 0.4) is 0 Å². The van der Waals surface area contributed by atoms with Gasteiger partial charge < -0.3 is 24.7 Å². The van der Waals surface area contributed by atoms with Crippen LogP contribution in [0.15, 0.2) is 4.79 Å². The number of pyridine rings is 1. The molecule has 1 fully saturated rings. The summed E-state index contributed by atoms with van der Waals surface area (Å²) in [6.45, 7) is 0.863. The molecule has 1 aromatic rings. The van der Waals surface area contributed by atoms with Crippen molar-refractivity contribution in [2.24, 2.45) is 0 Å². The van der Waals surface area contributed by atoms with Gasteiger partial charge in [0.25, 0.3) is 5.56 Å². The molecule has 2 heterocycles. The second kappa shape index (κ2) is 5.95. The third-order valence-corrected chi connectivity index (χ3v) is 3.63. The summed E-state index contributed by atoms with van der Waals surface area (Å²) >= 11 is 0. The molecule has 2 rings (SSSR count). The highest BCUT2D eigenvalue weighted by Crippen LogP contribution is 2.37. The summed E-state index contributed by atoms with van der Waals surface area (Å²) in [7, 11) is 1.33. The standard InChI is InChI=1S/C14H16FNO5/c1-4-7-9(10(15)6(2)14(19)16-7)12-13(20-3)11(18)8(5-17)21-12/h1,8,11-13,17-18H,5H2,2-3H3,(H,16,19)/t8-,11?,12+,13?/m1/s1. The van der Waals surface area contributed by atoms with Gasteiger partial charge in [0.2, 0.25) is 0 Å². The maximum absolute atomic E-state index is 14.4. The number of methoxy groups -OCH3 is 1. The van der Waals surface area contributed by atoms with Crippen molar-refractivity contribution >= 4 is 0 Å². The first-order valence-electron chi connectivity index (χ1n) is 6.32. The molecule has 1 aliphatic rings. The lowest BCUT2D eigenvalue weighted by Gasteiger charge is -2.21. The Balaban J connectivity index is 2.59. The Labute approximate surface area is 120 Å². The van der Waals surface area contributed by atoms with Gasteiger partial charge in [-0.05, 0) is 6.92 Å². The Morgan fingerprint density at radius 1 is 1.57 bits per heavy atom. The molecule has 1 aromatic heterocycles. The Morgan fingerprint density at radius 2 is 2.24 bits per heavy atom. The van der Waals surface area contributed by atoms with E-state index in [9.17, 15) is 19.4 Å². The highest BCUT2D eigenvalue weighted by Gasteiger charge is 2.46. The van der Waals surface area contributed by atoms with Gasteiger partial charge in [-0.3, -0.25) is 4.79 Å². The topological polar surface area (TPSA) is 91.8 Å². The SMILES string of the molecule is C#Cc1[nH]c(=O)c(C)c(F)c1[C@@H]1O[C@H](CO)C(O)C1OC. The zero-order valence-corrected chi connectivity index (χ0v) is 11.6. The maximum atomic E-state index is 14.4. The molecule has 1 saturated heterocycles. The van der Waals surface area contributed by atoms with Crippen LogP contribution >= 0.6 is 0 Å². The van der Waals surface area contributed by atoms with Crippen molar-refractivity contribution in [3.05, 3.63) is 33.0 Å². The number of rotatable bonds is 3. The van der Waals surface area contributed by atoms with Gasteiger partial charge in [0, 0.05) is 7.11 Å². The lowest BCUT2D eigenvalue weighted by atomic mass is 9.98. The number of aliphatic hydroxyl groups is 2. The fourth-order valence-corrected chi connectivity index (χ4v) is 2.45. The van der Waals surface area contributed by atoms with Crippen molar-refractivity contribution in [3.63, 3.8) is 0 Å². The van der Waals surface area contributed by atoms with Gasteiger partial charge in [-0.2, -0.15) is 0 Å². The highest BCUT2D eigenvalue weighted by atomic mass is 19.1. The minimum absolute atomic E-state index is 0.0588. The van der Waals surface area contributed by atoms with Crippen molar-refractivity contribution in [1.29, 1.82) is 0 Å². The Hall–Kier alpha value is -1.72. The number of H-pyrrole nitrogens is 1. The van der Waals surface area contributed by atoms with E-state index in [1.165, 1.54) is 14.0 Å². The first-order chi connectivity index (χ1) is 9.96. The third-order valence-electron chi connectivity index (χ3n) is 3.63. The second-order valence-corrected chi connectivity index (χ2v) is 4.79. The summed E-state index contributed by atoms with van der Waals surface area (Å²) < 4.78 is 25.0. The van der Waals surface area contributed by atoms with E-state index in [1.54, 1.807) is 0 Å². The van der Waals surface area contributed by atoms with E-state index in [0.29, 0.717) is 0 Å². The van der Waals surface area contributed by atoms with E-state index >= 15 is 0 Å². The fraction of sp³-hybridized carbons (Fsp3) is 0.500. The predicted molar refractivity (Wildman–Crippen MR) is 71.2 cm³/mol. The van der Waals surface area contributed by atoms with E-state index in [-0.39, 0.29) is 16.8 Å². The number of hydrogen-bond acceptors (Lipinski definition) is 5. The first-order valence-corrected chi connectivity index (χ1v) is 6.32. The van der Waals surface area contributed by atoms with Crippen LogP contribution in [0.2, 0.25) is 0 Å². The molecule has 0 amide bonds. The molecule has 0 saturated carbocycles. The van der Waals surface area contributed by atoms with Crippen molar-refractivity contribution < 1.29 is 24.1 Å². The number of hydrogen-bond donors (Lipinski definition) is 3. The molecule has 6 nitrogen and oxygen atoms in total. The molecule has 114 valence electrons. The fourth-order valence-electron chi connectivity index (χ4n) is 2.45. The van der Waals surface area contributed by atoms with Crippen LogP contribution in [0.25, 0.3) is 0 Å². The van der Waals surface area contributed by atoms with Gasteiger partial charge in [0.1, 0.15) is 35.9 Å². The van der Waals surface area contributed by atoms with Gasteiger partial charge in [0.15, 0.2) is 0 Å². The van der Waals surface area contributed by atoms with E-state index in [1.807, 2.05) is 0 Å². The van der Waals surface area contributed by atoms with Crippen LogP contribution < -0.4 is 5.56 Å². The quantitative estimate of drug-likeness (QED) is 0.661. The zero-order chi connectivity index (χ0) is 15.7. The lowest BCUT2D eigenvalue weighted by Crippen LogP contribution is -2.34. The van der Waals surface area contributed by atoms with Gasteiger partial charge in [-0.15, -0.1) is 6.42 Å². The number of aromatic amines is 1. The van der Waals surface area contributed by atoms with Crippen molar-refractivity contribution in [3.8, 4) is 12.3 Å². The average molecular weight is 297 g/mol. The van der Waals surface area contributed by atoms with Crippen molar-refractivity contribution in [2.45, 2.75) is 31.3 Å². The van der Waals surface area contributed by atoms with Crippen molar-refractivity contribution in [1.82, 2.24) is 4.98 Å². The number of aromatic nitrogens is 1. The molecule has 1 aliphatic heterocycles. The summed E-state index contributed by atoms with van der Waals surface area (Å²) in [5, 5.41) is 19.2. The first kappa shape index (κ1) is 15.7. The second-order valence-electron chi connectivity index (χ2n) is 4.79. The summed E-state index contributed by atoms with van der Waals surface area (Å²) in [5.41, 5.74) is -0.891. The normalized spacial score (nSPS) is 28.6. The van der Waals surface area contributed by atoms with E-state index in [2.05, 4.69) is 10.9 Å². The molecule has 0 aromatic carbocycles. The Bertz CT molecular complexity index is 635. The maximum Gasteiger partial charge on any atom is 0.254 e. The smallest absolute Gasteiger partial charge is 0.254 e. The monoisotopic (exact) mass is 297 g/mol. The summed E-state index contributed by atoms with van der Waals surface area (Å²) in [6.07, 6.45) is 1.31. The van der Waals surface area contributed by atoms with E-state index in [0.717, 1.165) is 0 Å². The van der Waals surface area contributed by atoms with Crippen LogP contribution in [0.4, 0.5) is 4.39 Å². The molecule has 7 heteroatoms. The minimum Gasteiger partial charge on any atom is -0.394 e. The van der Waals surface area contributed by atoms with Crippen LogP contribution in [0.5, 0.6) is 0 Å². The number of ether oxygens (including phenoxy) is 2. The molecule has 0 radical (unpaired) electrons. The lowest BCUT2D eigenvalue weighted by molar-refractivity contribution is -0.0248. The van der Waals surface area contributed by atoms with Gasteiger partial charge in [-0.1, -0.05) is 5.92 Å². The summed E-state index contributed by atoms with van der Waals surface area (Å²) in [5.74, 6) is 1.40. The van der Waals surface area contributed by atoms with Gasteiger partial charge in [0.05, 0.1) is 17.7 Å². The van der Waals surface area contributed by atoms with Crippen LogP contribution in [0, 0.1) is 25.1 Å². The summed E-state index contributed by atoms with van der Waals surface area (Å²) in [4.78, 5) is 14.0. The zero-order valence-electron chi connectivity index (χ0n) is 11.6. The van der Waals surface area contributed by atoms with Crippen molar-refractivity contribution in [2.75, 3.05) is 13.7 Å². The number of halogens is 1. The molecule has 0 aliphatic carbocycles. The predicted octanol–water partition coefficient (Wildman–Crippen LogP) is -0.388. The van der Waals surface area contributed by atoms with Crippen LogP contribution in [-0.4, -0.2) is 47.2 Å². The highest BCUT2D eigenvalue weighted by molar-refractivity contribution is 5.40. The number of terminal acetylenes is 1. The van der Waals surface area contributed by atoms with Gasteiger partial charge >= 0.3 is 0 Å². The Kier molecular flexibility index (Phi) is 4.44. The minimum atomic E-state index is -1.14. The molecular weight excluding hydrogens is 281 g/mol. The van der Waals surface area contributed by atoms with E-state index in [4.69, 9.17) is 15.9 Å². The average Bonchev–Trinajstić information content (AvgIpc) is 2.79. The van der Waals surface area contributed by atoms with Gasteiger partial charge in [-0.25, -0.2) is 4.39 Å². The number of aliphatic hydroxyl groups excluding tert-OH is 2. The summed E-state index contributed by atoms with van der Waals surface area (Å²) in [6, 6.07) is 0. The van der Waals surface area contributed by atoms with Crippen LogP contribution in [0.1, 0.15) is 22.9 Å². The van der Waals surface area contributed by atoms with E-state index < -0.39 is 42.4 Å². The molecule has 21 heavy (non-hydrogen) atoms. The molecule has 4 atom stereocenters. The third kappa shape index (κ3) is 2.47. The molecule has 0 spiro atoms. The molecule has 3 N–H and O–H groups in total. The number of nitrogens with one attached hydrogen (secondary N) is 1. The van der Waals surface area contributed by atoms with Crippen LogP contribution in [-0.2, 0) is 9.47 Å². The molecular formula is C14H16FNO5. The molecule has 2 unspecified atom stereocenters. The molecule has 0 bridgehead atoms. The Morgan fingerprint density at radius 3 is 2.76 bits per heavy atom. The largest absolute Gasteiger partial charge is 0.394 e.